The summed E-state index contributed by atoms with van der Waals surface area (Å²) in [5, 5.41) is 4.54. The monoisotopic (exact) mass is 607 g/mol. The van der Waals surface area contributed by atoms with Crippen LogP contribution in [0.3, 0.4) is 0 Å². The van der Waals surface area contributed by atoms with Crippen LogP contribution in [0.5, 0.6) is 0 Å². The number of anilines is 1. The number of hydrogen-bond donors (Lipinski definition) is 1. The SMILES string of the molecule is CN(C(=O)OC(C)(C)C)c1c(C(N)=O)c(C#Cc2cc3ncn(C4CC4)c3cc2F)nn1CC1CN(C(=O)OC(C)(C)C)C1. The summed E-state index contributed by atoms with van der Waals surface area (Å²) in [6.07, 6.45) is 2.62. The smallest absolute Gasteiger partial charge is 0.415 e. The summed E-state index contributed by atoms with van der Waals surface area (Å²) in [5.74, 6) is 4.21. The highest BCUT2D eigenvalue weighted by Gasteiger charge is 2.37. The molecule has 1 saturated carbocycles. The number of fused-ring (bicyclic) bond motifs is 1. The predicted octanol–water partition coefficient (Wildman–Crippen LogP) is 4.44. The van der Waals surface area contributed by atoms with Crippen LogP contribution in [0.4, 0.5) is 19.8 Å². The standard InChI is InChI=1S/C31H38FN7O5/c1-30(2,3)43-28(41)36(7)27-25(26(33)40)22(35-39(27)16-18-14-37(15-18)29(42)44-31(4,5)6)11-8-19-12-23-24(13-21(19)32)38(17-34-23)20-9-10-20/h12-13,17-18,20H,9-10,14-16H2,1-7H3,(H2,33,40). The van der Waals surface area contributed by atoms with Crippen molar-refractivity contribution in [1.29, 1.82) is 0 Å². The number of benzene rings is 1. The summed E-state index contributed by atoms with van der Waals surface area (Å²) < 4.78 is 29.6. The van der Waals surface area contributed by atoms with Crippen molar-refractivity contribution >= 4 is 34.9 Å². The zero-order valence-electron chi connectivity index (χ0n) is 26.1. The van der Waals surface area contributed by atoms with Crippen molar-refractivity contribution < 1.29 is 28.2 Å². The minimum absolute atomic E-state index is 0.0192. The molecule has 0 spiro atoms. The Morgan fingerprint density at radius 3 is 2.32 bits per heavy atom. The molecule has 0 atom stereocenters. The Hall–Kier alpha value is -4.60. The molecule has 2 fully saturated rings. The molecule has 1 aliphatic carbocycles. The van der Waals surface area contributed by atoms with Crippen LogP contribution in [-0.4, -0.2) is 73.7 Å². The first-order valence-electron chi connectivity index (χ1n) is 14.5. The number of carbonyl (C=O) groups is 3. The van der Waals surface area contributed by atoms with E-state index in [-0.39, 0.29) is 35.1 Å². The van der Waals surface area contributed by atoms with Crippen molar-refractivity contribution in [3.8, 4) is 11.8 Å². The molecule has 3 heterocycles. The Bertz CT molecular complexity index is 1690. The summed E-state index contributed by atoms with van der Waals surface area (Å²) in [6.45, 7) is 11.6. The molecule has 0 bridgehead atoms. The van der Waals surface area contributed by atoms with Crippen molar-refractivity contribution in [3.05, 3.63) is 41.1 Å². The molecular weight excluding hydrogens is 569 g/mol. The van der Waals surface area contributed by atoms with Crippen LogP contribution in [0.2, 0.25) is 0 Å². The number of nitrogens with zero attached hydrogens (tertiary/aromatic N) is 6. The van der Waals surface area contributed by atoms with Crippen molar-refractivity contribution in [3.63, 3.8) is 0 Å². The fraction of sp³-hybridized carbons (Fsp3) is 0.516. The number of likely N-dealkylation sites (tertiary alicyclic amines) is 1. The van der Waals surface area contributed by atoms with E-state index in [0.29, 0.717) is 30.2 Å². The van der Waals surface area contributed by atoms with Crippen LogP contribution in [0.25, 0.3) is 11.0 Å². The van der Waals surface area contributed by atoms with E-state index in [1.807, 2.05) is 4.57 Å². The third-order valence-electron chi connectivity index (χ3n) is 7.12. The molecule has 44 heavy (non-hydrogen) atoms. The van der Waals surface area contributed by atoms with Gasteiger partial charge in [-0.3, -0.25) is 9.69 Å². The molecule has 2 aromatic heterocycles. The van der Waals surface area contributed by atoms with E-state index >= 15 is 4.39 Å². The van der Waals surface area contributed by atoms with Crippen LogP contribution >= 0.6 is 0 Å². The molecule has 1 aromatic carbocycles. The van der Waals surface area contributed by atoms with E-state index in [1.54, 1.807) is 58.8 Å². The van der Waals surface area contributed by atoms with E-state index in [9.17, 15) is 14.4 Å². The van der Waals surface area contributed by atoms with Gasteiger partial charge >= 0.3 is 12.2 Å². The van der Waals surface area contributed by atoms with E-state index in [0.717, 1.165) is 17.7 Å². The lowest BCUT2D eigenvalue weighted by atomic mass is 10.0. The molecule has 2 aliphatic rings. The van der Waals surface area contributed by atoms with Crippen molar-refractivity contribution in [2.45, 2.75) is 78.2 Å². The van der Waals surface area contributed by atoms with Gasteiger partial charge in [0.1, 0.15) is 28.4 Å². The molecule has 1 saturated heterocycles. The molecule has 3 amide bonds. The second-order valence-corrected chi connectivity index (χ2v) is 13.3. The number of carbonyl (C=O) groups excluding carboxylic acids is 3. The highest BCUT2D eigenvalue weighted by Crippen LogP contribution is 2.37. The second-order valence-electron chi connectivity index (χ2n) is 13.3. The van der Waals surface area contributed by atoms with Gasteiger partial charge in [-0.25, -0.2) is 23.6 Å². The summed E-state index contributed by atoms with van der Waals surface area (Å²) in [4.78, 5) is 45.5. The van der Waals surface area contributed by atoms with E-state index in [4.69, 9.17) is 15.2 Å². The lowest BCUT2D eigenvalue weighted by Crippen LogP contribution is -2.53. The first-order valence-corrected chi connectivity index (χ1v) is 14.5. The zero-order valence-corrected chi connectivity index (χ0v) is 26.1. The Labute approximate surface area is 255 Å². The van der Waals surface area contributed by atoms with Crippen LogP contribution in [0.15, 0.2) is 18.5 Å². The number of nitrogens with two attached hydrogens (primary N) is 1. The highest BCUT2D eigenvalue weighted by molar-refractivity contribution is 6.03. The van der Waals surface area contributed by atoms with Crippen LogP contribution < -0.4 is 10.6 Å². The van der Waals surface area contributed by atoms with Gasteiger partial charge in [0.2, 0.25) is 0 Å². The van der Waals surface area contributed by atoms with Gasteiger partial charge in [-0.15, -0.1) is 0 Å². The number of amides is 3. The zero-order chi connectivity index (χ0) is 32.1. The number of ether oxygens (including phenoxy) is 2. The summed E-state index contributed by atoms with van der Waals surface area (Å²) in [6, 6.07) is 3.31. The molecule has 0 unspecified atom stereocenters. The Balaban J connectivity index is 1.48. The third-order valence-corrected chi connectivity index (χ3v) is 7.12. The van der Waals surface area contributed by atoms with Gasteiger partial charge in [0.15, 0.2) is 5.69 Å². The van der Waals surface area contributed by atoms with Crippen molar-refractivity contribution in [1.82, 2.24) is 24.2 Å². The molecule has 1 aliphatic heterocycles. The molecule has 12 nitrogen and oxygen atoms in total. The van der Waals surface area contributed by atoms with Crippen LogP contribution in [0, 0.1) is 23.6 Å². The minimum Gasteiger partial charge on any atom is -0.444 e. The van der Waals surface area contributed by atoms with Gasteiger partial charge in [0.05, 0.1) is 22.9 Å². The number of rotatable bonds is 5. The lowest BCUT2D eigenvalue weighted by Gasteiger charge is -2.40. The van der Waals surface area contributed by atoms with Gasteiger partial charge in [-0.1, -0.05) is 5.92 Å². The topological polar surface area (TPSA) is 138 Å². The van der Waals surface area contributed by atoms with Gasteiger partial charge in [0.25, 0.3) is 5.91 Å². The first-order chi connectivity index (χ1) is 20.5. The summed E-state index contributed by atoms with van der Waals surface area (Å²) in [5.41, 5.74) is 5.63. The van der Waals surface area contributed by atoms with Gasteiger partial charge in [-0.2, -0.15) is 5.10 Å². The second kappa shape index (κ2) is 11.2. The minimum atomic E-state index is -0.867. The normalized spacial score (nSPS) is 15.4. The Morgan fingerprint density at radius 2 is 1.73 bits per heavy atom. The molecule has 234 valence electrons. The van der Waals surface area contributed by atoms with Gasteiger partial charge in [0, 0.05) is 44.7 Å². The summed E-state index contributed by atoms with van der Waals surface area (Å²) >= 11 is 0. The van der Waals surface area contributed by atoms with Crippen LogP contribution in [-0.2, 0) is 16.0 Å². The molecule has 2 N–H and O–H groups in total. The fourth-order valence-corrected chi connectivity index (χ4v) is 4.97. The third kappa shape index (κ3) is 6.64. The average molecular weight is 608 g/mol. The van der Waals surface area contributed by atoms with Crippen molar-refractivity contribution in [2.75, 3.05) is 25.0 Å². The molecular formula is C31H38FN7O5. The Morgan fingerprint density at radius 1 is 1.07 bits per heavy atom. The maximum absolute atomic E-state index is 15.2. The lowest BCUT2D eigenvalue weighted by molar-refractivity contribution is -0.00376. The number of aromatic nitrogens is 4. The quantitative estimate of drug-likeness (QED) is 0.423. The van der Waals surface area contributed by atoms with Gasteiger partial charge < -0.3 is 24.7 Å². The average Bonchev–Trinajstić information content (AvgIpc) is 3.52. The molecule has 13 heteroatoms. The van der Waals surface area contributed by atoms with Crippen molar-refractivity contribution in [2.24, 2.45) is 11.7 Å². The molecule has 0 radical (unpaired) electrons. The number of primary amides is 1. The number of halogens is 1. The largest absolute Gasteiger partial charge is 0.444 e. The number of hydrogen-bond acceptors (Lipinski definition) is 7. The first kappa shape index (κ1) is 30.8. The fourth-order valence-electron chi connectivity index (χ4n) is 4.97. The summed E-state index contributed by atoms with van der Waals surface area (Å²) in [7, 11) is 1.45. The highest BCUT2D eigenvalue weighted by atomic mass is 19.1. The van der Waals surface area contributed by atoms with E-state index in [1.165, 1.54) is 17.8 Å². The maximum atomic E-state index is 15.2. The van der Waals surface area contributed by atoms with E-state index in [2.05, 4.69) is 21.9 Å². The molecule has 5 rings (SSSR count). The molecule has 3 aromatic rings. The van der Waals surface area contributed by atoms with Crippen LogP contribution in [0.1, 0.15) is 82.0 Å². The van der Waals surface area contributed by atoms with E-state index < -0.39 is 35.1 Å². The maximum Gasteiger partial charge on any atom is 0.415 e. The predicted molar refractivity (Wildman–Crippen MR) is 161 cm³/mol. The number of imidazole rings is 1. The van der Waals surface area contributed by atoms with Gasteiger partial charge in [-0.05, 0) is 66.4 Å². The Kier molecular flexibility index (Phi) is 7.82.